The number of para-hydroxylation sites is 1. The molecule has 1 aliphatic rings. The van der Waals surface area contributed by atoms with Gasteiger partial charge in [-0.05, 0) is 24.6 Å². The number of carbonyl (C=O) groups is 2. The molecule has 1 unspecified atom stereocenters. The van der Waals surface area contributed by atoms with Crippen LogP contribution in [0.4, 0.5) is 5.69 Å². The second kappa shape index (κ2) is 7.11. The summed E-state index contributed by atoms with van der Waals surface area (Å²) >= 11 is 0. The van der Waals surface area contributed by atoms with Crippen molar-refractivity contribution in [2.45, 2.75) is 18.8 Å². The van der Waals surface area contributed by atoms with E-state index in [9.17, 15) is 9.59 Å². The number of rotatable bonds is 4. The van der Waals surface area contributed by atoms with E-state index in [1.165, 1.54) is 0 Å². The Morgan fingerprint density at radius 3 is 2.89 bits per heavy atom. The van der Waals surface area contributed by atoms with Crippen LogP contribution in [0.1, 0.15) is 24.3 Å². The summed E-state index contributed by atoms with van der Waals surface area (Å²) in [5, 5.41) is 5.59. The van der Waals surface area contributed by atoms with Gasteiger partial charge in [-0.3, -0.25) is 9.59 Å². The molecule has 0 saturated heterocycles. The molecule has 4 N–H and O–H groups in total. The third kappa shape index (κ3) is 3.68. The zero-order chi connectivity index (χ0) is 13.0. The Bertz CT molecular complexity index is 465. The molecule has 6 heteroatoms. The van der Waals surface area contributed by atoms with E-state index in [2.05, 4.69) is 10.6 Å². The van der Waals surface area contributed by atoms with Gasteiger partial charge in [-0.15, -0.1) is 12.4 Å². The van der Waals surface area contributed by atoms with Gasteiger partial charge in [0.05, 0.1) is 5.92 Å². The highest BCUT2D eigenvalue weighted by atomic mass is 35.5. The number of hydrogen-bond donors (Lipinski definition) is 3. The molecule has 1 aliphatic heterocycles. The summed E-state index contributed by atoms with van der Waals surface area (Å²) in [4.78, 5) is 23.6. The average molecular weight is 284 g/mol. The molecule has 2 rings (SSSR count). The topological polar surface area (TPSA) is 84.2 Å². The maximum absolute atomic E-state index is 12.0. The smallest absolute Gasteiger partial charge is 0.228 e. The van der Waals surface area contributed by atoms with Gasteiger partial charge in [0.25, 0.3) is 0 Å². The largest absolute Gasteiger partial charge is 0.356 e. The second-order valence-electron chi connectivity index (χ2n) is 4.33. The first-order chi connectivity index (χ1) is 8.72. The number of anilines is 1. The maximum Gasteiger partial charge on any atom is 0.228 e. The summed E-state index contributed by atoms with van der Waals surface area (Å²) in [5.41, 5.74) is 6.98. The highest BCUT2D eigenvalue weighted by molar-refractivity contribution is 6.01. The van der Waals surface area contributed by atoms with Crippen molar-refractivity contribution in [3.05, 3.63) is 29.8 Å². The van der Waals surface area contributed by atoms with Gasteiger partial charge in [0, 0.05) is 18.7 Å². The van der Waals surface area contributed by atoms with E-state index in [0.29, 0.717) is 13.1 Å². The Labute approximate surface area is 118 Å². The van der Waals surface area contributed by atoms with E-state index >= 15 is 0 Å². The summed E-state index contributed by atoms with van der Waals surface area (Å²) < 4.78 is 0. The van der Waals surface area contributed by atoms with Gasteiger partial charge in [-0.1, -0.05) is 18.2 Å². The first kappa shape index (κ1) is 15.5. The molecule has 104 valence electrons. The zero-order valence-electron chi connectivity index (χ0n) is 10.5. The van der Waals surface area contributed by atoms with Crippen LogP contribution in [0.3, 0.4) is 0 Å². The van der Waals surface area contributed by atoms with E-state index in [-0.39, 0.29) is 30.6 Å². The predicted molar refractivity (Wildman–Crippen MR) is 76.4 cm³/mol. The third-order valence-electron chi connectivity index (χ3n) is 3.00. The van der Waals surface area contributed by atoms with Crippen LogP contribution in [0.15, 0.2) is 24.3 Å². The Kier molecular flexibility index (Phi) is 5.79. The molecule has 0 spiro atoms. The lowest BCUT2D eigenvalue weighted by Crippen LogP contribution is -2.35. The first-order valence-corrected chi connectivity index (χ1v) is 6.09. The van der Waals surface area contributed by atoms with E-state index in [4.69, 9.17) is 5.73 Å². The summed E-state index contributed by atoms with van der Waals surface area (Å²) in [6.45, 7) is 1.09. The molecular formula is C13H18ClN3O2. The van der Waals surface area contributed by atoms with Crippen LogP contribution in [0, 0.1) is 0 Å². The van der Waals surface area contributed by atoms with Gasteiger partial charge in [0.1, 0.15) is 0 Å². The van der Waals surface area contributed by atoms with Gasteiger partial charge in [-0.25, -0.2) is 0 Å². The van der Waals surface area contributed by atoms with Crippen molar-refractivity contribution in [3.8, 4) is 0 Å². The van der Waals surface area contributed by atoms with Crippen molar-refractivity contribution in [1.29, 1.82) is 0 Å². The molecule has 1 aromatic rings. The fourth-order valence-corrected chi connectivity index (χ4v) is 2.08. The lowest BCUT2D eigenvalue weighted by atomic mass is 9.90. The molecule has 0 fully saturated rings. The number of fused-ring (bicyclic) bond motifs is 1. The molecule has 1 aromatic carbocycles. The lowest BCUT2D eigenvalue weighted by Gasteiger charge is -2.24. The molecule has 0 saturated carbocycles. The van der Waals surface area contributed by atoms with E-state index in [1.54, 1.807) is 0 Å². The van der Waals surface area contributed by atoms with Gasteiger partial charge in [0.2, 0.25) is 11.8 Å². The summed E-state index contributed by atoms with van der Waals surface area (Å²) in [5.74, 6) is -0.619. The molecule has 19 heavy (non-hydrogen) atoms. The van der Waals surface area contributed by atoms with Crippen molar-refractivity contribution in [3.63, 3.8) is 0 Å². The molecule has 0 aromatic heterocycles. The minimum absolute atomic E-state index is 0. The zero-order valence-corrected chi connectivity index (χ0v) is 11.3. The third-order valence-corrected chi connectivity index (χ3v) is 3.00. The van der Waals surface area contributed by atoms with Crippen molar-refractivity contribution in [2.24, 2.45) is 5.73 Å². The molecule has 5 nitrogen and oxygen atoms in total. The fourth-order valence-electron chi connectivity index (χ4n) is 2.08. The van der Waals surface area contributed by atoms with Crippen LogP contribution in [-0.2, 0) is 9.59 Å². The number of nitrogens with one attached hydrogen (secondary N) is 2. The van der Waals surface area contributed by atoms with E-state index < -0.39 is 5.92 Å². The molecule has 2 amide bonds. The van der Waals surface area contributed by atoms with Crippen molar-refractivity contribution < 1.29 is 9.59 Å². The summed E-state index contributed by atoms with van der Waals surface area (Å²) in [7, 11) is 0. The Morgan fingerprint density at radius 2 is 2.16 bits per heavy atom. The second-order valence-corrected chi connectivity index (χ2v) is 4.33. The summed E-state index contributed by atoms with van der Waals surface area (Å²) in [6.07, 6.45) is 0.942. The number of nitrogens with two attached hydrogens (primary N) is 1. The first-order valence-electron chi connectivity index (χ1n) is 6.09. The van der Waals surface area contributed by atoms with Gasteiger partial charge in [0.15, 0.2) is 0 Å². The lowest BCUT2D eigenvalue weighted by molar-refractivity contribution is -0.126. The molecule has 0 radical (unpaired) electrons. The Balaban J connectivity index is 0.00000180. The van der Waals surface area contributed by atoms with Crippen LogP contribution in [-0.4, -0.2) is 24.9 Å². The highest BCUT2D eigenvalue weighted by Gasteiger charge is 2.29. The summed E-state index contributed by atoms with van der Waals surface area (Å²) in [6, 6.07) is 7.40. The van der Waals surface area contributed by atoms with E-state index in [0.717, 1.165) is 17.7 Å². The number of benzene rings is 1. The normalized spacial score (nSPS) is 16.9. The van der Waals surface area contributed by atoms with Crippen LogP contribution in [0.2, 0.25) is 0 Å². The number of amides is 2. The van der Waals surface area contributed by atoms with Crippen LogP contribution >= 0.6 is 12.4 Å². The Morgan fingerprint density at radius 1 is 1.42 bits per heavy atom. The van der Waals surface area contributed by atoms with Gasteiger partial charge < -0.3 is 16.4 Å². The fraction of sp³-hybridized carbons (Fsp3) is 0.385. The molecule has 1 heterocycles. The minimum atomic E-state index is -0.396. The number of halogens is 1. The predicted octanol–water partition coefficient (Wildman–Crippen LogP) is 0.999. The Hall–Kier alpha value is -1.59. The SMILES string of the molecule is Cl.NCCCNC(=O)C1CC(=O)Nc2ccccc21. The monoisotopic (exact) mass is 283 g/mol. The van der Waals surface area contributed by atoms with Crippen LogP contribution < -0.4 is 16.4 Å². The van der Waals surface area contributed by atoms with Crippen molar-refractivity contribution in [2.75, 3.05) is 18.4 Å². The average Bonchev–Trinajstić information content (AvgIpc) is 2.38. The quantitative estimate of drug-likeness (QED) is 0.721. The molecular weight excluding hydrogens is 266 g/mol. The highest BCUT2D eigenvalue weighted by Crippen LogP contribution is 2.31. The number of hydrogen-bond acceptors (Lipinski definition) is 3. The standard InChI is InChI=1S/C13H17N3O2.ClH/c14-6-3-7-15-13(18)10-8-12(17)16-11-5-2-1-4-9(10)11;/h1-2,4-5,10H,3,6-8,14H2,(H,15,18)(H,16,17);1H. The minimum Gasteiger partial charge on any atom is -0.356 e. The molecule has 1 atom stereocenters. The van der Waals surface area contributed by atoms with Gasteiger partial charge >= 0.3 is 0 Å². The van der Waals surface area contributed by atoms with Crippen LogP contribution in [0.25, 0.3) is 0 Å². The van der Waals surface area contributed by atoms with Crippen molar-refractivity contribution >= 4 is 29.9 Å². The molecule has 0 aliphatic carbocycles. The van der Waals surface area contributed by atoms with Crippen molar-refractivity contribution in [1.82, 2.24) is 5.32 Å². The van der Waals surface area contributed by atoms with E-state index in [1.807, 2.05) is 24.3 Å². The number of carbonyl (C=O) groups excluding carboxylic acids is 2. The van der Waals surface area contributed by atoms with Crippen LogP contribution in [0.5, 0.6) is 0 Å². The molecule has 0 bridgehead atoms. The maximum atomic E-state index is 12.0. The van der Waals surface area contributed by atoms with Gasteiger partial charge in [-0.2, -0.15) is 0 Å².